The molecule has 2 aliphatic rings. The molecule has 0 bridgehead atoms. The van der Waals surface area contributed by atoms with Gasteiger partial charge >= 0.3 is 5.97 Å². The third-order valence-corrected chi connectivity index (χ3v) is 8.50. The van der Waals surface area contributed by atoms with Gasteiger partial charge < -0.3 is 14.6 Å². The lowest BCUT2D eigenvalue weighted by atomic mass is 9.74. The van der Waals surface area contributed by atoms with E-state index in [0.717, 1.165) is 44.6 Å². The molecule has 2 aliphatic carbocycles. The first-order chi connectivity index (χ1) is 18.7. The molecule has 0 saturated heterocycles. The molecule has 1 unspecified atom stereocenters. The average Bonchev–Trinajstić information content (AvgIpc) is 2.94. The second kappa shape index (κ2) is 13.2. The molecule has 4 rings (SSSR count). The topological polar surface area (TPSA) is 55.8 Å². The van der Waals surface area contributed by atoms with E-state index in [1.165, 1.54) is 6.07 Å². The Morgan fingerprint density at radius 3 is 1.85 bits per heavy atom. The molecular weight excluding hydrogens is 512 g/mol. The van der Waals surface area contributed by atoms with Crippen molar-refractivity contribution in [1.29, 1.82) is 0 Å². The Labute approximate surface area is 227 Å². The van der Waals surface area contributed by atoms with E-state index in [0.29, 0.717) is 36.8 Å². The number of hydrogen-bond donors (Lipinski definition) is 1. The number of hydrogen-bond acceptors (Lipinski definition) is 4. The van der Waals surface area contributed by atoms with E-state index < -0.39 is 40.9 Å². The zero-order valence-corrected chi connectivity index (χ0v) is 22.7. The predicted molar refractivity (Wildman–Crippen MR) is 140 cm³/mol. The maximum atomic E-state index is 15.2. The molecule has 0 aliphatic heterocycles. The van der Waals surface area contributed by atoms with Crippen molar-refractivity contribution in [1.82, 2.24) is 0 Å². The number of rotatable bonds is 9. The predicted octanol–water partition coefficient (Wildman–Crippen LogP) is 7.96. The Bertz CT molecular complexity index is 1140. The monoisotopic (exact) mass is 550 g/mol. The third kappa shape index (κ3) is 6.59. The number of esters is 1. The molecule has 4 nitrogen and oxygen atoms in total. The van der Waals surface area contributed by atoms with Gasteiger partial charge in [-0.1, -0.05) is 25.5 Å². The first-order valence-electron chi connectivity index (χ1n) is 14.2. The van der Waals surface area contributed by atoms with Crippen LogP contribution in [0.25, 0.3) is 0 Å². The van der Waals surface area contributed by atoms with Crippen LogP contribution in [0.2, 0.25) is 0 Å². The smallest absolute Gasteiger partial charge is 0.314 e. The molecule has 214 valence electrons. The van der Waals surface area contributed by atoms with Crippen LogP contribution in [0.3, 0.4) is 0 Å². The minimum absolute atomic E-state index is 0.0584. The highest BCUT2D eigenvalue weighted by Gasteiger charge is 2.33. The fraction of sp³-hybridized carbons (Fsp3) is 0.581. The molecule has 0 amide bonds. The summed E-state index contributed by atoms with van der Waals surface area (Å²) in [5.41, 5.74) is 0.719. The SMILES string of the molecule is CCCC(O)C1CCC(c2ccc(C3CCC(C(=O)Oc4ccc(OCC)c(F)c4F)CC3)c(F)c2F)CC1. The molecule has 2 aromatic carbocycles. The first kappa shape index (κ1) is 29.4. The summed E-state index contributed by atoms with van der Waals surface area (Å²) >= 11 is 0. The molecule has 39 heavy (non-hydrogen) atoms. The van der Waals surface area contributed by atoms with Crippen LogP contribution in [0.15, 0.2) is 24.3 Å². The zero-order valence-electron chi connectivity index (χ0n) is 22.7. The fourth-order valence-electron chi connectivity index (χ4n) is 6.25. The number of carbonyl (C=O) groups excluding carboxylic acids is 1. The summed E-state index contributed by atoms with van der Waals surface area (Å²) in [6.07, 6.45) is 6.09. The summed E-state index contributed by atoms with van der Waals surface area (Å²) in [6, 6.07) is 5.74. The van der Waals surface area contributed by atoms with Gasteiger partial charge in [0.15, 0.2) is 23.1 Å². The van der Waals surface area contributed by atoms with E-state index in [2.05, 4.69) is 0 Å². The number of ether oxygens (including phenoxy) is 2. The molecule has 1 atom stereocenters. The van der Waals surface area contributed by atoms with E-state index in [-0.39, 0.29) is 36.2 Å². The highest BCUT2D eigenvalue weighted by atomic mass is 19.2. The molecule has 0 spiro atoms. The maximum Gasteiger partial charge on any atom is 0.314 e. The second-order valence-electron chi connectivity index (χ2n) is 10.9. The second-order valence-corrected chi connectivity index (χ2v) is 10.9. The molecule has 0 aromatic heterocycles. The van der Waals surface area contributed by atoms with Crippen LogP contribution >= 0.6 is 0 Å². The Morgan fingerprint density at radius 2 is 1.31 bits per heavy atom. The largest absolute Gasteiger partial charge is 0.491 e. The van der Waals surface area contributed by atoms with Gasteiger partial charge in [-0.2, -0.15) is 8.78 Å². The number of aliphatic hydroxyl groups excluding tert-OH is 1. The molecule has 0 radical (unpaired) electrons. The number of benzene rings is 2. The zero-order chi connectivity index (χ0) is 28.1. The van der Waals surface area contributed by atoms with Gasteiger partial charge in [0.05, 0.1) is 18.6 Å². The summed E-state index contributed by atoms with van der Waals surface area (Å²) in [6.45, 7) is 3.85. The van der Waals surface area contributed by atoms with Gasteiger partial charge in [0.25, 0.3) is 0 Å². The van der Waals surface area contributed by atoms with Gasteiger partial charge in [-0.15, -0.1) is 0 Å². The van der Waals surface area contributed by atoms with Crippen molar-refractivity contribution in [2.75, 3.05) is 6.61 Å². The van der Waals surface area contributed by atoms with Crippen LogP contribution < -0.4 is 9.47 Å². The average molecular weight is 551 g/mol. The minimum atomic E-state index is -1.29. The highest BCUT2D eigenvalue weighted by Crippen LogP contribution is 2.42. The quantitative estimate of drug-likeness (QED) is 0.196. The van der Waals surface area contributed by atoms with Gasteiger partial charge in [-0.25, -0.2) is 8.78 Å². The molecular formula is C31H38F4O4. The van der Waals surface area contributed by atoms with Crippen LogP contribution in [0.5, 0.6) is 11.5 Å². The van der Waals surface area contributed by atoms with Crippen molar-refractivity contribution in [2.45, 2.75) is 96.0 Å². The van der Waals surface area contributed by atoms with Gasteiger partial charge in [-0.05, 0) is 106 Å². The summed E-state index contributed by atoms with van der Waals surface area (Å²) < 4.78 is 69.0. The van der Waals surface area contributed by atoms with E-state index in [1.807, 2.05) is 6.92 Å². The molecule has 2 fully saturated rings. The standard InChI is InChI=1S/C31H38F4O4/c1-3-5-24(36)20-10-6-18(7-11-20)22-14-15-23(28(33)27(22)32)19-8-12-21(13-9-19)31(37)39-26-17-16-25(38-4-2)29(34)30(26)35/h14-21,24,36H,3-13H2,1-2H3. The third-order valence-electron chi connectivity index (χ3n) is 8.50. The summed E-state index contributed by atoms with van der Waals surface area (Å²) in [7, 11) is 0. The van der Waals surface area contributed by atoms with Crippen molar-refractivity contribution in [3.05, 3.63) is 58.7 Å². The van der Waals surface area contributed by atoms with Gasteiger partial charge in [0.2, 0.25) is 11.6 Å². The van der Waals surface area contributed by atoms with E-state index in [1.54, 1.807) is 19.1 Å². The molecule has 1 N–H and O–H groups in total. The van der Waals surface area contributed by atoms with Crippen molar-refractivity contribution >= 4 is 5.97 Å². The van der Waals surface area contributed by atoms with Crippen molar-refractivity contribution < 1.29 is 36.9 Å². The molecule has 0 heterocycles. The van der Waals surface area contributed by atoms with E-state index in [4.69, 9.17) is 9.47 Å². The molecule has 2 saturated carbocycles. The van der Waals surface area contributed by atoms with Crippen molar-refractivity contribution in [2.24, 2.45) is 11.8 Å². The number of halogens is 4. The normalized spacial score (nSPS) is 24.3. The Balaban J connectivity index is 1.34. The highest BCUT2D eigenvalue weighted by molar-refractivity contribution is 5.75. The Kier molecular flexibility index (Phi) is 9.91. The first-order valence-corrected chi connectivity index (χ1v) is 14.2. The number of carbonyl (C=O) groups is 1. The fourth-order valence-corrected chi connectivity index (χ4v) is 6.25. The Hall–Kier alpha value is -2.61. The summed E-state index contributed by atoms with van der Waals surface area (Å²) in [5, 5.41) is 10.3. The summed E-state index contributed by atoms with van der Waals surface area (Å²) in [5.74, 6) is -6.15. The lowest BCUT2D eigenvalue weighted by molar-refractivity contribution is -0.140. The Morgan fingerprint density at radius 1 is 0.795 bits per heavy atom. The van der Waals surface area contributed by atoms with Crippen LogP contribution in [-0.2, 0) is 4.79 Å². The van der Waals surface area contributed by atoms with Gasteiger partial charge in [0, 0.05) is 0 Å². The van der Waals surface area contributed by atoms with Crippen LogP contribution in [0.1, 0.15) is 101 Å². The van der Waals surface area contributed by atoms with Gasteiger partial charge in [0.1, 0.15) is 0 Å². The van der Waals surface area contributed by atoms with Crippen LogP contribution in [0, 0.1) is 35.1 Å². The lowest BCUT2D eigenvalue weighted by Gasteiger charge is -2.32. The van der Waals surface area contributed by atoms with Crippen molar-refractivity contribution in [3.63, 3.8) is 0 Å². The van der Waals surface area contributed by atoms with E-state index in [9.17, 15) is 18.7 Å². The molecule has 8 heteroatoms. The molecule has 2 aromatic rings. The van der Waals surface area contributed by atoms with Crippen LogP contribution in [0.4, 0.5) is 17.6 Å². The van der Waals surface area contributed by atoms with Gasteiger partial charge in [-0.3, -0.25) is 4.79 Å². The van der Waals surface area contributed by atoms with E-state index >= 15 is 8.78 Å². The number of aliphatic hydroxyl groups is 1. The summed E-state index contributed by atoms with van der Waals surface area (Å²) in [4.78, 5) is 12.6. The lowest BCUT2D eigenvalue weighted by Crippen LogP contribution is -2.26. The maximum absolute atomic E-state index is 15.2. The van der Waals surface area contributed by atoms with Crippen LogP contribution in [-0.4, -0.2) is 23.8 Å². The minimum Gasteiger partial charge on any atom is -0.491 e. The van der Waals surface area contributed by atoms with Crippen molar-refractivity contribution in [3.8, 4) is 11.5 Å².